The van der Waals surface area contributed by atoms with Crippen LogP contribution in [0.2, 0.25) is 5.02 Å². The molecule has 0 unspecified atom stereocenters. The summed E-state index contributed by atoms with van der Waals surface area (Å²) in [6.07, 6.45) is 1.77. The van der Waals surface area contributed by atoms with E-state index >= 15 is 0 Å². The Balaban J connectivity index is 1.75. The Morgan fingerprint density at radius 1 is 1.21 bits per heavy atom. The van der Waals surface area contributed by atoms with Crippen LogP contribution in [0.25, 0.3) is 0 Å². The third-order valence-corrected chi connectivity index (χ3v) is 7.03. The summed E-state index contributed by atoms with van der Waals surface area (Å²) >= 11 is 11.5. The average molecular weight is 440 g/mol. The highest BCUT2D eigenvalue weighted by atomic mass is 35.5. The van der Waals surface area contributed by atoms with Gasteiger partial charge in [0, 0.05) is 24.7 Å². The predicted molar refractivity (Wildman–Crippen MR) is 115 cm³/mol. The summed E-state index contributed by atoms with van der Waals surface area (Å²) in [4.78, 5) is 0.214. The van der Waals surface area contributed by atoms with Crippen LogP contribution in [0, 0.1) is 0 Å². The molecule has 6 nitrogen and oxygen atoms in total. The van der Waals surface area contributed by atoms with Gasteiger partial charge in [0.05, 0.1) is 17.7 Å². The second-order valence-electron chi connectivity index (χ2n) is 6.37. The summed E-state index contributed by atoms with van der Waals surface area (Å²) in [6.45, 7) is 1.55. The highest BCUT2D eigenvalue weighted by Gasteiger charge is 2.27. The molecule has 0 aromatic heterocycles. The SMILES string of the molecule is COc1ccc(S(=O)(=O)N2CCCC2)cc1NC(=S)NCc1ccccc1Cl. The smallest absolute Gasteiger partial charge is 0.243 e. The average Bonchev–Trinajstić information content (AvgIpc) is 3.23. The first kappa shape index (κ1) is 20.9. The van der Waals surface area contributed by atoms with Gasteiger partial charge in [-0.3, -0.25) is 0 Å². The molecule has 2 aromatic rings. The maximum absolute atomic E-state index is 12.8. The van der Waals surface area contributed by atoms with Crippen molar-refractivity contribution >= 4 is 44.6 Å². The van der Waals surface area contributed by atoms with E-state index in [0.717, 1.165) is 18.4 Å². The monoisotopic (exact) mass is 439 g/mol. The molecule has 1 aliphatic heterocycles. The van der Waals surface area contributed by atoms with Crippen molar-refractivity contribution < 1.29 is 13.2 Å². The predicted octanol–water partition coefficient (Wildman–Crippen LogP) is 3.62. The number of nitrogens with one attached hydrogen (secondary N) is 2. The van der Waals surface area contributed by atoms with Gasteiger partial charge >= 0.3 is 0 Å². The Kier molecular flexibility index (Phi) is 6.77. The van der Waals surface area contributed by atoms with Gasteiger partial charge in [-0.1, -0.05) is 29.8 Å². The summed E-state index contributed by atoms with van der Waals surface area (Å²) in [5.41, 5.74) is 1.39. The van der Waals surface area contributed by atoms with Crippen molar-refractivity contribution in [2.24, 2.45) is 0 Å². The Hall–Kier alpha value is -1.87. The van der Waals surface area contributed by atoms with Gasteiger partial charge in [-0.05, 0) is 54.9 Å². The molecule has 9 heteroatoms. The molecular weight excluding hydrogens is 418 g/mol. The fourth-order valence-electron chi connectivity index (χ4n) is 3.01. The molecule has 3 rings (SSSR count). The molecule has 150 valence electrons. The lowest BCUT2D eigenvalue weighted by molar-refractivity contribution is 0.416. The van der Waals surface area contributed by atoms with Gasteiger partial charge in [-0.2, -0.15) is 4.31 Å². The number of benzene rings is 2. The molecule has 0 saturated carbocycles. The number of hydrogen-bond acceptors (Lipinski definition) is 4. The molecule has 0 spiro atoms. The van der Waals surface area contributed by atoms with E-state index in [4.69, 9.17) is 28.6 Å². The van der Waals surface area contributed by atoms with Crippen LogP contribution in [-0.4, -0.2) is 38.0 Å². The highest BCUT2D eigenvalue weighted by molar-refractivity contribution is 7.89. The zero-order chi connectivity index (χ0) is 20.1. The molecule has 1 aliphatic rings. The quantitative estimate of drug-likeness (QED) is 0.670. The summed E-state index contributed by atoms with van der Waals surface area (Å²) in [6, 6.07) is 12.2. The summed E-state index contributed by atoms with van der Waals surface area (Å²) in [7, 11) is -2.00. The molecule has 0 radical (unpaired) electrons. The van der Waals surface area contributed by atoms with Crippen LogP contribution in [0.5, 0.6) is 5.75 Å². The molecule has 2 N–H and O–H groups in total. The van der Waals surface area contributed by atoms with Gasteiger partial charge in [-0.15, -0.1) is 0 Å². The first-order valence-corrected chi connectivity index (χ1v) is 11.1. The zero-order valence-corrected chi connectivity index (χ0v) is 17.8. The zero-order valence-electron chi connectivity index (χ0n) is 15.4. The van der Waals surface area contributed by atoms with Crippen LogP contribution in [0.4, 0.5) is 5.69 Å². The van der Waals surface area contributed by atoms with E-state index in [1.165, 1.54) is 11.4 Å². The lowest BCUT2D eigenvalue weighted by Crippen LogP contribution is -2.29. The molecule has 0 bridgehead atoms. The van der Waals surface area contributed by atoms with E-state index in [0.29, 0.717) is 41.2 Å². The Morgan fingerprint density at radius 3 is 2.61 bits per heavy atom. The molecule has 28 heavy (non-hydrogen) atoms. The molecule has 2 aromatic carbocycles. The summed E-state index contributed by atoms with van der Waals surface area (Å²) < 4.78 is 32.5. The van der Waals surface area contributed by atoms with Crippen molar-refractivity contribution in [2.45, 2.75) is 24.3 Å². The standard InChI is InChI=1S/C19H22ClN3O3S2/c1-26-18-9-8-15(28(24,25)23-10-4-5-11-23)12-17(18)22-19(27)21-13-14-6-2-3-7-16(14)20/h2-3,6-9,12H,4-5,10-11,13H2,1H3,(H2,21,22,27). The lowest BCUT2D eigenvalue weighted by atomic mass is 10.2. The Morgan fingerprint density at radius 2 is 1.93 bits per heavy atom. The first-order chi connectivity index (χ1) is 13.4. The minimum Gasteiger partial charge on any atom is -0.495 e. The topological polar surface area (TPSA) is 70.7 Å². The Labute approximate surface area is 175 Å². The fraction of sp³-hybridized carbons (Fsp3) is 0.316. The van der Waals surface area contributed by atoms with E-state index in [9.17, 15) is 8.42 Å². The number of hydrogen-bond donors (Lipinski definition) is 2. The molecule has 0 atom stereocenters. The van der Waals surface area contributed by atoms with Crippen LogP contribution in [0.3, 0.4) is 0 Å². The van der Waals surface area contributed by atoms with Crippen LogP contribution >= 0.6 is 23.8 Å². The summed E-state index contributed by atoms with van der Waals surface area (Å²) in [5, 5.41) is 7.09. The first-order valence-electron chi connectivity index (χ1n) is 8.88. The van der Waals surface area contributed by atoms with Crippen LogP contribution in [0.1, 0.15) is 18.4 Å². The second-order valence-corrected chi connectivity index (χ2v) is 9.13. The van der Waals surface area contributed by atoms with Gasteiger partial charge < -0.3 is 15.4 Å². The Bertz CT molecular complexity index is 961. The van der Waals surface area contributed by atoms with Crippen LogP contribution in [-0.2, 0) is 16.6 Å². The number of sulfonamides is 1. The van der Waals surface area contributed by atoms with Gasteiger partial charge in [-0.25, -0.2) is 8.42 Å². The van der Waals surface area contributed by atoms with Crippen molar-refractivity contribution in [3.05, 3.63) is 53.1 Å². The van der Waals surface area contributed by atoms with Gasteiger partial charge in [0.25, 0.3) is 0 Å². The van der Waals surface area contributed by atoms with Gasteiger partial charge in [0.2, 0.25) is 10.0 Å². The number of anilines is 1. The van der Waals surface area contributed by atoms with E-state index < -0.39 is 10.0 Å². The number of thiocarbonyl (C=S) groups is 1. The van der Waals surface area contributed by atoms with Crippen molar-refractivity contribution in [2.75, 3.05) is 25.5 Å². The van der Waals surface area contributed by atoms with Crippen LogP contribution < -0.4 is 15.4 Å². The largest absolute Gasteiger partial charge is 0.495 e. The van der Waals surface area contributed by atoms with Crippen molar-refractivity contribution in [1.82, 2.24) is 9.62 Å². The van der Waals surface area contributed by atoms with E-state index in [1.54, 1.807) is 18.2 Å². The second kappa shape index (κ2) is 9.09. The summed E-state index contributed by atoms with van der Waals surface area (Å²) in [5.74, 6) is 0.502. The number of methoxy groups -OCH3 is 1. The minimum absolute atomic E-state index is 0.214. The van der Waals surface area contributed by atoms with E-state index in [1.807, 2.05) is 24.3 Å². The van der Waals surface area contributed by atoms with Crippen molar-refractivity contribution in [3.8, 4) is 5.75 Å². The van der Waals surface area contributed by atoms with Crippen molar-refractivity contribution in [3.63, 3.8) is 0 Å². The van der Waals surface area contributed by atoms with Gasteiger partial charge in [0.1, 0.15) is 5.75 Å². The maximum atomic E-state index is 12.8. The molecule has 0 amide bonds. The number of rotatable bonds is 6. The van der Waals surface area contributed by atoms with E-state index in [-0.39, 0.29) is 4.90 Å². The highest BCUT2D eigenvalue weighted by Crippen LogP contribution is 2.30. The lowest BCUT2D eigenvalue weighted by Gasteiger charge is -2.18. The number of ether oxygens (including phenoxy) is 1. The minimum atomic E-state index is -3.53. The van der Waals surface area contributed by atoms with E-state index in [2.05, 4.69) is 10.6 Å². The van der Waals surface area contributed by atoms with Crippen LogP contribution in [0.15, 0.2) is 47.4 Å². The molecule has 1 saturated heterocycles. The fourth-order valence-corrected chi connectivity index (χ4v) is 4.94. The maximum Gasteiger partial charge on any atom is 0.243 e. The molecule has 0 aliphatic carbocycles. The third kappa shape index (κ3) is 4.75. The molecule has 1 fully saturated rings. The molecule has 1 heterocycles. The third-order valence-electron chi connectivity index (χ3n) is 4.52. The van der Waals surface area contributed by atoms with Crippen molar-refractivity contribution in [1.29, 1.82) is 0 Å². The normalized spacial score (nSPS) is 14.6. The van der Waals surface area contributed by atoms with Gasteiger partial charge in [0.15, 0.2) is 5.11 Å². The number of halogens is 1. The number of nitrogens with zero attached hydrogens (tertiary/aromatic N) is 1. The molecular formula is C19H22ClN3O3S2.